The van der Waals surface area contributed by atoms with Crippen LogP contribution in [0.2, 0.25) is 0 Å². The molecule has 0 atom stereocenters. The van der Waals surface area contributed by atoms with E-state index in [4.69, 9.17) is 9.31 Å². The molecule has 1 N–H and O–H groups in total. The number of nitrogens with one attached hydrogen (secondary N) is 1. The van der Waals surface area contributed by atoms with Gasteiger partial charge in [0.25, 0.3) is 0 Å². The van der Waals surface area contributed by atoms with E-state index in [2.05, 4.69) is 52.1 Å². The molecule has 18 heavy (non-hydrogen) atoms. The molecule has 0 aliphatic carbocycles. The molecule has 0 bridgehead atoms. The third kappa shape index (κ3) is 2.04. The number of anilines is 1. The summed E-state index contributed by atoms with van der Waals surface area (Å²) in [6.45, 7) is 10.4. The molecular formula is C14H22BNO2. The Balaban J connectivity index is 2.38. The van der Waals surface area contributed by atoms with Crippen LogP contribution in [0.25, 0.3) is 0 Å². The zero-order valence-electron chi connectivity index (χ0n) is 12.1. The fourth-order valence-corrected chi connectivity index (χ4v) is 2.20. The maximum atomic E-state index is 6.09. The lowest BCUT2D eigenvalue weighted by Crippen LogP contribution is -2.41. The second-order valence-corrected chi connectivity index (χ2v) is 5.88. The van der Waals surface area contributed by atoms with Crippen molar-refractivity contribution in [2.45, 2.75) is 45.8 Å². The third-order valence-corrected chi connectivity index (χ3v) is 4.06. The second-order valence-electron chi connectivity index (χ2n) is 5.88. The summed E-state index contributed by atoms with van der Waals surface area (Å²) in [7, 11) is 1.62. The van der Waals surface area contributed by atoms with Crippen molar-refractivity contribution < 1.29 is 9.31 Å². The summed E-state index contributed by atoms with van der Waals surface area (Å²) >= 11 is 0. The highest BCUT2D eigenvalue weighted by Crippen LogP contribution is 2.37. The lowest BCUT2D eigenvalue weighted by Gasteiger charge is -2.32. The van der Waals surface area contributed by atoms with Gasteiger partial charge in [-0.1, -0.05) is 18.2 Å². The van der Waals surface area contributed by atoms with E-state index in [-0.39, 0.29) is 18.3 Å². The molecule has 0 amide bonds. The molecule has 1 aromatic carbocycles. The molecule has 1 aliphatic heterocycles. The van der Waals surface area contributed by atoms with Crippen LogP contribution in [0.3, 0.4) is 0 Å². The van der Waals surface area contributed by atoms with Crippen LogP contribution in [0.5, 0.6) is 0 Å². The van der Waals surface area contributed by atoms with Crippen molar-refractivity contribution in [3.8, 4) is 0 Å². The predicted molar refractivity (Wildman–Crippen MR) is 76.4 cm³/mol. The van der Waals surface area contributed by atoms with E-state index in [0.717, 1.165) is 11.2 Å². The van der Waals surface area contributed by atoms with Crippen LogP contribution in [-0.2, 0) is 9.31 Å². The van der Waals surface area contributed by atoms with E-state index in [1.807, 2.05) is 13.1 Å². The van der Waals surface area contributed by atoms with Crippen molar-refractivity contribution in [2.24, 2.45) is 0 Å². The second kappa shape index (κ2) is 4.28. The summed E-state index contributed by atoms with van der Waals surface area (Å²) in [5.41, 5.74) is 2.76. The Hall–Kier alpha value is -0.995. The Morgan fingerprint density at radius 3 is 2.11 bits per heavy atom. The standard InChI is InChI=1S/C14H22BNO2/c1-10-8-7-9-11(12(10)16-6)15-17-13(2,3)14(4,5)18-15/h7-9,16H,1-6H3. The normalized spacial score (nSPS) is 21.1. The van der Waals surface area contributed by atoms with Gasteiger partial charge in [0.15, 0.2) is 0 Å². The smallest absolute Gasteiger partial charge is 0.399 e. The molecule has 4 heteroatoms. The molecule has 1 aliphatic rings. The van der Waals surface area contributed by atoms with Gasteiger partial charge >= 0.3 is 7.12 Å². The van der Waals surface area contributed by atoms with Gasteiger partial charge in [-0.2, -0.15) is 0 Å². The minimum atomic E-state index is -0.308. The lowest BCUT2D eigenvalue weighted by atomic mass is 9.77. The van der Waals surface area contributed by atoms with E-state index in [9.17, 15) is 0 Å². The molecule has 0 spiro atoms. The van der Waals surface area contributed by atoms with Crippen LogP contribution in [0.15, 0.2) is 18.2 Å². The summed E-state index contributed by atoms with van der Waals surface area (Å²) in [6.07, 6.45) is 0. The van der Waals surface area contributed by atoms with Gasteiger partial charge in [0, 0.05) is 18.2 Å². The van der Waals surface area contributed by atoms with Crippen LogP contribution >= 0.6 is 0 Å². The predicted octanol–water partition coefficient (Wildman–Crippen LogP) is 2.34. The molecule has 0 radical (unpaired) electrons. The summed E-state index contributed by atoms with van der Waals surface area (Å²) in [5, 5.41) is 3.24. The Bertz CT molecular complexity index is 441. The molecule has 98 valence electrons. The summed E-state index contributed by atoms with van der Waals surface area (Å²) in [5.74, 6) is 0. The highest BCUT2D eigenvalue weighted by Gasteiger charge is 2.52. The number of aryl methyl sites for hydroxylation is 1. The van der Waals surface area contributed by atoms with E-state index in [0.29, 0.717) is 0 Å². The van der Waals surface area contributed by atoms with Crippen molar-refractivity contribution >= 4 is 18.3 Å². The van der Waals surface area contributed by atoms with Gasteiger partial charge in [-0.05, 0) is 40.2 Å². The monoisotopic (exact) mass is 247 g/mol. The van der Waals surface area contributed by atoms with Crippen LogP contribution < -0.4 is 10.8 Å². The molecule has 0 unspecified atom stereocenters. The maximum Gasteiger partial charge on any atom is 0.496 e. The molecule has 3 nitrogen and oxygen atoms in total. The van der Waals surface area contributed by atoms with Crippen molar-refractivity contribution in [2.75, 3.05) is 12.4 Å². The van der Waals surface area contributed by atoms with Gasteiger partial charge < -0.3 is 14.6 Å². The first-order valence-electron chi connectivity index (χ1n) is 6.41. The molecule has 0 aromatic heterocycles. The van der Waals surface area contributed by atoms with Crippen LogP contribution in [-0.4, -0.2) is 25.4 Å². The van der Waals surface area contributed by atoms with Gasteiger partial charge in [-0.15, -0.1) is 0 Å². The lowest BCUT2D eigenvalue weighted by molar-refractivity contribution is 0.00578. The van der Waals surface area contributed by atoms with Gasteiger partial charge in [0.2, 0.25) is 0 Å². The van der Waals surface area contributed by atoms with Crippen LogP contribution in [0, 0.1) is 6.92 Å². The number of hydrogen-bond acceptors (Lipinski definition) is 3. The third-order valence-electron chi connectivity index (χ3n) is 4.06. The highest BCUT2D eigenvalue weighted by atomic mass is 16.7. The van der Waals surface area contributed by atoms with Gasteiger partial charge in [-0.3, -0.25) is 0 Å². The number of benzene rings is 1. The average Bonchev–Trinajstić information content (AvgIpc) is 2.47. The topological polar surface area (TPSA) is 30.5 Å². The van der Waals surface area contributed by atoms with Crippen molar-refractivity contribution in [3.05, 3.63) is 23.8 Å². The quantitative estimate of drug-likeness (QED) is 0.813. The Morgan fingerprint density at radius 1 is 1.06 bits per heavy atom. The fourth-order valence-electron chi connectivity index (χ4n) is 2.20. The first-order valence-corrected chi connectivity index (χ1v) is 6.41. The zero-order chi connectivity index (χ0) is 13.6. The Morgan fingerprint density at radius 2 is 1.61 bits per heavy atom. The van der Waals surface area contributed by atoms with Crippen molar-refractivity contribution in [3.63, 3.8) is 0 Å². The molecule has 2 rings (SSSR count). The summed E-state index contributed by atoms with van der Waals surface area (Å²) < 4.78 is 12.2. The zero-order valence-corrected chi connectivity index (χ0v) is 12.1. The van der Waals surface area contributed by atoms with Gasteiger partial charge in [-0.25, -0.2) is 0 Å². The minimum Gasteiger partial charge on any atom is -0.399 e. The first kappa shape index (κ1) is 13.4. The van der Waals surface area contributed by atoms with E-state index < -0.39 is 0 Å². The Kier molecular flexibility index (Phi) is 3.20. The first-order chi connectivity index (χ1) is 8.28. The van der Waals surface area contributed by atoms with E-state index in [1.165, 1.54) is 5.56 Å². The molecule has 0 saturated carbocycles. The van der Waals surface area contributed by atoms with Crippen molar-refractivity contribution in [1.29, 1.82) is 0 Å². The molecular weight excluding hydrogens is 225 g/mol. The fraction of sp³-hybridized carbons (Fsp3) is 0.571. The maximum absolute atomic E-state index is 6.09. The average molecular weight is 247 g/mol. The summed E-state index contributed by atoms with van der Waals surface area (Å²) in [4.78, 5) is 0. The molecule has 1 heterocycles. The largest absolute Gasteiger partial charge is 0.496 e. The Labute approximate surface area is 110 Å². The van der Waals surface area contributed by atoms with E-state index >= 15 is 0 Å². The minimum absolute atomic E-state index is 0.299. The van der Waals surface area contributed by atoms with Gasteiger partial charge in [0.1, 0.15) is 0 Å². The van der Waals surface area contributed by atoms with E-state index in [1.54, 1.807) is 0 Å². The van der Waals surface area contributed by atoms with Crippen LogP contribution in [0.1, 0.15) is 33.3 Å². The number of rotatable bonds is 2. The SMILES string of the molecule is CNc1c(C)cccc1B1OC(C)(C)C(C)(C)O1. The summed E-state index contributed by atoms with van der Waals surface area (Å²) in [6, 6.07) is 6.18. The van der Waals surface area contributed by atoms with Gasteiger partial charge in [0.05, 0.1) is 11.2 Å². The molecule has 1 aromatic rings. The number of para-hydroxylation sites is 1. The highest BCUT2D eigenvalue weighted by molar-refractivity contribution is 6.64. The molecule has 1 saturated heterocycles. The molecule has 1 fully saturated rings. The number of hydrogen-bond donors (Lipinski definition) is 1. The van der Waals surface area contributed by atoms with Crippen molar-refractivity contribution in [1.82, 2.24) is 0 Å². The van der Waals surface area contributed by atoms with Crippen LogP contribution in [0.4, 0.5) is 5.69 Å².